The number of rotatable bonds is 2. The summed E-state index contributed by atoms with van der Waals surface area (Å²) in [6.07, 6.45) is 3.02. The van der Waals surface area contributed by atoms with Crippen LogP contribution in [0.4, 0.5) is 0 Å². The molecule has 0 N–H and O–H groups in total. The van der Waals surface area contributed by atoms with Gasteiger partial charge in [-0.05, 0) is 0 Å². The fourth-order valence-electron chi connectivity index (χ4n) is 1.12. The van der Waals surface area contributed by atoms with Gasteiger partial charge in [-0.2, -0.15) is 0 Å². The number of methoxy groups -OCH3 is 1. The van der Waals surface area contributed by atoms with Crippen LogP contribution < -0.4 is 17.5 Å². The molecule has 0 aromatic rings. The van der Waals surface area contributed by atoms with E-state index in [2.05, 4.69) is 21.7 Å². The Bertz CT molecular complexity index is 81.7. The second-order valence-corrected chi connectivity index (χ2v) is 6.58. The second kappa shape index (κ2) is 5.10. The maximum absolute atomic E-state index is 5.27. The summed E-state index contributed by atoms with van der Waals surface area (Å²) in [5.74, 6) is 0. The summed E-state index contributed by atoms with van der Waals surface area (Å²) in [6, 6.07) is 0. The average molecular weight is 368 g/mol. The number of piperidine rings is 1. The molecule has 1 aliphatic heterocycles. The van der Waals surface area contributed by atoms with Gasteiger partial charge in [0.05, 0.1) is 0 Å². The van der Waals surface area contributed by atoms with Crippen LogP contribution in [0, 0.1) is 0 Å². The van der Waals surface area contributed by atoms with E-state index in [1.165, 1.54) is 25.9 Å². The van der Waals surface area contributed by atoms with Gasteiger partial charge in [0.2, 0.25) is 0 Å². The summed E-state index contributed by atoms with van der Waals surface area (Å²) in [5, 5.41) is 0. The summed E-state index contributed by atoms with van der Waals surface area (Å²) >= 11 is 2.83. The van der Waals surface area contributed by atoms with Crippen molar-refractivity contribution in [3.05, 3.63) is 0 Å². The van der Waals surface area contributed by atoms with Gasteiger partial charge < -0.3 is 0 Å². The van der Waals surface area contributed by atoms with Crippen LogP contribution in [0.5, 0.6) is 0 Å². The van der Waals surface area contributed by atoms with E-state index in [-0.39, 0.29) is 0 Å². The van der Waals surface area contributed by atoms with E-state index in [4.69, 9.17) is 4.74 Å². The van der Waals surface area contributed by atoms with Crippen molar-refractivity contribution in [1.29, 1.82) is 0 Å². The van der Waals surface area contributed by atoms with Crippen LogP contribution in [0.15, 0.2) is 0 Å². The Hall–Kier alpha value is 1.38. The molecule has 0 amide bonds. The van der Waals surface area contributed by atoms with Crippen molar-refractivity contribution in [2.75, 3.05) is 20.2 Å². The molecule has 4 heteroatoms. The molecule has 2 nitrogen and oxygen atoms in total. The van der Waals surface area contributed by atoms with Gasteiger partial charge in [-0.1, -0.05) is 0 Å². The summed E-state index contributed by atoms with van der Waals surface area (Å²) < 4.78 is 7.83. The molecule has 62 valence electrons. The number of halogens is 2. The fourth-order valence-corrected chi connectivity index (χ4v) is 4.49. The van der Waals surface area contributed by atoms with Gasteiger partial charge in [-0.25, -0.2) is 0 Å². The molecular weight excluding hydrogens is 356 g/mol. The molecular formula is C6H12I2NO-. The van der Waals surface area contributed by atoms with Crippen molar-refractivity contribution < 1.29 is 22.2 Å². The molecule has 0 unspecified atom stereocenters. The zero-order valence-electron chi connectivity index (χ0n) is 6.02. The quantitative estimate of drug-likeness (QED) is 0.433. The molecule has 0 aromatic carbocycles. The van der Waals surface area contributed by atoms with Crippen molar-refractivity contribution in [1.82, 2.24) is 3.11 Å². The van der Waals surface area contributed by atoms with Crippen LogP contribution in [0.1, 0.15) is 12.8 Å². The second-order valence-electron chi connectivity index (χ2n) is 2.41. The van der Waals surface area contributed by atoms with E-state index in [0.717, 1.165) is 0 Å². The van der Waals surface area contributed by atoms with Crippen molar-refractivity contribution >= 4 is 18.6 Å². The Balaban J connectivity index is 2.17. The first-order valence-corrected chi connectivity index (χ1v) is 10.7. The van der Waals surface area contributed by atoms with Crippen molar-refractivity contribution in [3.63, 3.8) is 0 Å². The summed E-state index contributed by atoms with van der Waals surface area (Å²) in [7, 11) is 1.82. The van der Waals surface area contributed by atoms with E-state index in [0.29, 0.717) is 23.6 Å². The number of hydrogen-bond donors (Lipinski definition) is 0. The first-order chi connectivity index (χ1) is 4.86. The van der Waals surface area contributed by atoms with Crippen LogP contribution in [0.25, 0.3) is 0 Å². The summed E-state index contributed by atoms with van der Waals surface area (Å²) in [4.78, 5) is 0. The molecule has 0 bridgehead atoms. The minimum atomic E-state index is 0.309. The molecule has 0 atom stereocenters. The molecule has 0 saturated carbocycles. The molecule has 1 aliphatic rings. The molecule has 10 heavy (non-hydrogen) atoms. The van der Waals surface area contributed by atoms with Crippen molar-refractivity contribution in [3.8, 4) is 0 Å². The van der Waals surface area contributed by atoms with Crippen LogP contribution in [0.2, 0.25) is 0 Å². The zero-order valence-corrected chi connectivity index (χ0v) is 10.3. The van der Waals surface area contributed by atoms with Gasteiger partial charge in [0.15, 0.2) is 0 Å². The molecule has 0 radical (unpaired) electrons. The Kier molecular flexibility index (Phi) is 4.83. The Morgan fingerprint density at radius 1 is 1.50 bits per heavy atom. The average Bonchev–Trinajstić information content (AvgIpc) is 2.05. The predicted octanol–water partition coefficient (Wildman–Crippen LogP) is -1.55. The van der Waals surface area contributed by atoms with E-state index < -0.39 is 0 Å². The standard InChI is InChI=1S/C6H12I2NO/c1-10-6-2-4-9(8-7)5-3-6/h6H,2-5H2,1H3/q-1. The number of nitrogens with zero attached hydrogens (tertiary/aromatic N) is 1. The summed E-state index contributed by atoms with van der Waals surface area (Å²) in [5.41, 5.74) is 0. The topological polar surface area (TPSA) is 12.5 Å². The van der Waals surface area contributed by atoms with Gasteiger partial charge in [-0.15, -0.1) is 0 Å². The van der Waals surface area contributed by atoms with E-state index in [1.54, 1.807) is 0 Å². The number of hydrogen-bond acceptors (Lipinski definition) is 2. The van der Waals surface area contributed by atoms with Crippen LogP contribution in [-0.2, 0) is 4.74 Å². The van der Waals surface area contributed by atoms with Crippen LogP contribution >= 0.6 is 18.6 Å². The van der Waals surface area contributed by atoms with Gasteiger partial charge in [-0.3, -0.25) is 0 Å². The normalized spacial score (nSPS) is 23.8. The Morgan fingerprint density at radius 3 is 2.50 bits per heavy atom. The maximum atomic E-state index is 5.27. The van der Waals surface area contributed by atoms with Crippen LogP contribution in [-0.4, -0.2) is 29.4 Å². The van der Waals surface area contributed by atoms with Gasteiger partial charge >= 0.3 is 83.1 Å². The Morgan fingerprint density at radius 2 is 2.10 bits per heavy atom. The predicted molar refractivity (Wildman–Crippen MR) is 45.6 cm³/mol. The Labute approximate surface area is 82.5 Å². The zero-order chi connectivity index (χ0) is 7.40. The minimum absolute atomic E-state index is 0.309. The molecule has 1 saturated heterocycles. The van der Waals surface area contributed by atoms with Crippen molar-refractivity contribution in [2.45, 2.75) is 18.9 Å². The van der Waals surface area contributed by atoms with Gasteiger partial charge in [0.25, 0.3) is 0 Å². The monoisotopic (exact) mass is 368 g/mol. The molecule has 1 fully saturated rings. The third-order valence-corrected chi connectivity index (χ3v) is 6.75. The summed E-state index contributed by atoms with van der Waals surface area (Å²) in [6.45, 7) is 2.52. The molecule has 0 aromatic heterocycles. The first-order valence-electron chi connectivity index (χ1n) is 3.40. The van der Waals surface area contributed by atoms with Gasteiger partial charge in [0.1, 0.15) is 0 Å². The molecule has 0 aliphatic carbocycles. The van der Waals surface area contributed by atoms with Gasteiger partial charge in [0, 0.05) is 0 Å². The molecule has 0 spiro atoms. The fraction of sp³-hybridized carbons (Fsp3) is 1.00. The number of ether oxygens (including phenoxy) is 1. The van der Waals surface area contributed by atoms with E-state index >= 15 is 0 Å². The van der Waals surface area contributed by atoms with Crippen LogP contribution in [0.3, 0.4) is 0 Å². The van der Waals surface area contributed by atoms with Crippen molar-refractivity contribution in [2.24, 2.45) is 0 Å². The first kappa shape index (κ1) is 9.47. The third kappa shape index (κ3) is 2.78. The SMILES string of the molecule is COC1CCN([I-]I)CC1. The molecule has 1 heterocycles. The molecule has 1 rings (SSSR count). The third-order valence-electron chi connectivity index (χ3n) is 1.81. The van der Waals surface area contributed by atoms with E-state index in [9.17, 15) is 0 Å². The van der Waals surface area contributed by atoms with E-state index in [1.807, 2.05) is 7.11 Å².